The first-order valence-corrected chi connectivity index (χ1v) is 7.74. The van der Waals surface area contributed by atoms with E-state index in [9.17, 15) is 0 Å². The maximum atomic E-state index is 6.32. The monoisotopic (exact) mass is 269 g/mol. The normalized spacial score (nSPS) is 33.5. The van der Waals surface area contributed by atoms with E-state index in [1.165, 1.54) is 22.2 Å². The molecule has 0 saturated heterocycles. The highest BCUT2D eigenvalue weighted by Crippen LogP contribution is 2.44. The molecule has 2 heterocycles. The molecule has 1 fully saturated rings. The number of aromatic nitrogens is 1. The third-order valence-corrected chi connectivity index (χ3v) is 5.38. The van der Waals surface area contributed by atoms with Crippen LogP contribution in [0.1, 0.15) is 43.9 Å². The number of para-hydroxylation sites is 1. The fourth-order valence-electron chi connectivity index (χ4n) is 4.06. The predicted molar refractivity (Wildman–Crippen MR) is 82.7 cm³/mol. The maximum absolute atomic E-state index is 6.32. The van der Waals surface area contributed by atoms with Gasteiger partial charge in [-0.25, -0.2) is 0 Å². The van der Waals surface area contributed by atoms with Gasteiger partial charge in [-0.1, -0.05) is 18.2 Å². The average Bonchev–Trinajstić information content (AvgIpc) is 2.83. The van der Waals surface area contributed by atoms with Crippen molar-refractivity contribution in [3.63, 3.8) is 0 Å². The molecule has 3 nitrogen and oxygen atoms in total. The Hall–Kier alpha value is -1.32. The van der Waals surface area contributed by atoms with Gasteiger partial charge in [-0.05, 0) is 50.7 Å². The van der Waals surface area contributed by atoms with Gasteiger partial charge in [-0.15, -0.1) is 0 Å². The third-order valence-electron chi connectivity index (χ3n) is 5.38. The molecule has 1 spiro atoms. The van der Waals surface area contributed by atoms with Gasteiger partial charge in [0.25, 0.3) is 0 Å². The molecule has 0 atom stereocenters. The van der Waals surface area contributed by atoms with Gasteiger partial charge in [-0.2, -0.15) is 0 Å². The molecule has 1 saturated carbocycles. The molecule has 1 aliphatic heterocycles. The number of nitrogens with one attached hydrogen (secondary N) is 2. The van der Waals surface area contributed by atoms with E-state index in [1.54, 1.807) is 0 Å². The number of hydrogen-bond acceptors (Lipinski definition) is 2. The molecule has 0 amide bonds. The highest BCUT2D eigenvalue weighted by atomic mass is 15.0. The third kappa shape index (κ3) is 1.73. The molecule has 1 aliphatic carbocycles. The Kier molecular flexibility index (Phi) is 2.54. The Balaban J connectivity index is 1.82. The minimum Gasteiger partial charge on any atom is -0.357 e. The summed E-state index contributed by atoms with van der Waals surface area (Å²) in [5.74, 6) is 0. The van der Waals surface area contributed by atoms with E-state index in [0.29, 0.717) is 0 Å². The molecule has 4 rings (SSSR count). The molecule has 0 bridgehead atoms. The lowest BCUT2D eigenvalue weighted by Crippen LogP contribution is -2.54. The van der Waals surface area contributed by atoms with Gasteiger partial charge in [0.15, 0.2) is 0 Å². The molecule has 2 aromatic rings. The molecule has 1 aromatic carbocycles. The van der Waals surface area contributed by atoms with Crippen LogP contribution in [0.25, 0.3) is 10.9 Å². The average molecular weight is 269 g/mol. The number of nitrogens with two attached hydrogens (primary N) is 1. The van der Waals surface area contributed by atoms with Gasteiger partial charge in [0, 0.05) is 28.7 Å². The van der Waals surface area contributed by atoms with Crippen LogP contribution in [0.4, 0.5) is 0 Å². The number of aromatic amines is 1. The van der Waals surface area contributed by atoms with Crippen molar-refractivity contribution in [1.29, 1.82) is 0 Å². The largest absolute Gasteiger partial charge is 0.357 e. The summed E-state index contributed by atoms with van der Waals surface area (Å²) in [5, 5.41) is 5.21. The summed E-state index contributed by atoms with van der Waals surface area (Å²) in [6.07, 6.45) is 5.59. The van der Waals surface area contributed by atoms with Gasteiger partial charge >= 0.3 is 0 Å². The van der Waals surface area contributed by atoms with Crippen LogP contribution < -0.4 is 11.1 Å². The van der Waals surface area contributed by atoms with Crippen LogP contribution in [0, 0.1) is 0 Å². The van der Waals surface area contributed by atoms with Crippen LogP contribution in [0.2, 0.25) is 0 Å². The Morgan fingerprint density at radius 2 is 1.85 bits per heavy atom. The molecule has 0 unspecified atom stereocenters. The predicted octanol–water partition coefficient (Wildman–Crippen LogP) is 2.80. The van der Waals surface area contributed by atoms with Crippen molar-refractivity contribution >= 4 is 10.9 Å². The van der Waals surface area contributed by atoms with Crippen molar-refractivity contribution in [3.8, 4) is 0 Å². The summed E-state index contributed by atoms with van der Waals surface area (Å²) in [5.41, 5.74) is 10.7. The second-order valence-corrected chi connectivity index (χ2v) is 6.94. The Morgan fingerprint density at radius 3 is 2.65 bits per heavy atom. The van der Waals surface area contributed by atoms with Crippen LogP contribution in [0.15, 0.2) is 24.3 Å². The lowest BCUT2D eigenvalue weighted by atomic mass is 9.70. The van der Waals surface area contributed by atoms with Crippen LogP contribution in [-0.4, -0.2) is 17.1 Å². The van der Waals surface area contributed by atoms with E-state index in [0.717, 1.165) is 38.6 Å². The van der Waals surface area contributed by atoms with E-state index >= 15 is 0 Å². The molecular weight excluding hydrogens is 246 g/mol. The van der Waals surface area contributed by atoms with Crippen molar-refractivity contribution in [3.05, 3.63) is 35.5 Å². The zero-order valence-electron chi connectivity index (χ0n) is 12.1. The second kappa shape index (κ2) is 4.09. The molecule has 0 radical (unpaired) electrons. The molecule has 106 valence electrons. The van der Waals surface area contributed by atoms with Crippen molar-refractivity contribution < 1.29 is 0 Å². The summed E-state index contributed by atoms with van der Waals surface area (Å²) >= 11 is 0. The highest BCUT2D eigenvalue weighted by molar-refractivity contribution is 5.85. The molecule has 3 heteroatoms. The topological polar surface area (TPSA) is 53.8 Å². The summed E-state index contributed by atoms with van der Waals surface area (Å²) in [7, 11) is 0. The maximum Gasteiger partial charge on any atom is 0.0591 e. The van der Waals surface area contributed by atoms with Crippen molar-refractivity contribution in [2.24, 2.45) is 5.73 Å². The lowest BCUT2D eigenvalue weighted by Gasteiger charge is -2.46. The lowest BCUT2D eigenvalue weighted by molar-refractivity contribution is 0.164. The number of H-pyrrole nitrogens is 1. The first kappa shape index (κ1) is 12.4. The van der Waals surface area contributed by atoms with Gasteiger partial charge in [-0.3, -0.25) is 0 Å². The SMILES string of the molecule is C[C@]1(N)CC[C@@]2(CC1)NCCc1c3ccccc3[nH]c12. The number of fused-ring (bicyclic) bond motifs is 4. The van der Waals surface area contributed by atoms with Gasteiger partial charge < -0.3 is 16.0 Å². The van der Waals surface area contributed by atoms with Gasteiger partial charge in [0.2, 0.25) is 0 Å². The molecular formula is C17H23N3. The quantitative estimate of drug-likeness (QED) is 0.689. The summed E-state index contributed by atoms with van der Waals surface area (Å²) in [6, 6.07) is 8.70. The zero-order chi connectivity index (χ0) is 13.8. The summed E-state index contributed by atoms with van der Waals surface area (Å²) in [6.45, 7) is 3.27. The van der Waals surface area contributed by atoms with Crippen molar-refractivity contribution in [2.75, 3.05) is 6.54 Å². The van der Waals surface area contributed by atoms with Crippen molar-refractivity contribution in [1.82, 2.24) is 10.3 Å². The van der Waals surface area contributed by atoms with Crippen LogP contribution >= 0.6 is 0 Å². The first-order chi connectivity index (χ1) is 9.60. The highest BCUT2D eigenvalue weighted by Gasteiger charge is 2.43. The molecule has 1 aromatic heterocycles. The smallest absolute Gasteiger partial charge is 0.0591 e. The summed E-state index contributed by atoms with van der Waals surface area (Å²) in [4.78, 5) is 3.70. The van der Waals surface area contributed by atoms with E-state index in [1.807, 2.05) is 0 Å². The van der Waals surface area contributed by atoms with Gasteiger partial charge in [0.05, 0.1) is 5.54 Å². The standard InChI is InChI=1S/C17H23N3/c1-16(18)7-9-17(10-8-16)15-13(6-11-19-17)12-4-2-3-5-14(12)20-15/h2-5,19-20H,6-11,18H2,1H3/t16-,17-. The molecule has 20 heavy (non-hydrogen) atoms. The number of hydrogen-bond donors (Lipinski definition) is 3. The van der Waals surface area contributed by atoms with Gasteiger partial charge in [0.1, 0.15) is 0 Å². The Bertz CT molecular complexity index is 643. The van der Waals surface area contributed by atoms with Crippen LogP contribution in [0.3, 0.4) is 0 Å². The van der Waals surface area contributed by atoms with E-state index in [2.05, 4.69) is 41.5 Å². The Labute approximate surface area is 119 Å². The fourth-order valence-corrected chi connectivity index (χ4v) is 4.06. The minimum absolute atomic E-state index is 0.0105. The first-order valence-electron chi connectivity index (χ1n) is 7.74. The fraction of sp³-hybridized carbons (Fsp3) is 0.529. The zero-order valence-corrected chi connectivity index (χ0v) is 12.1. The van der Waals surface area contributed by atoms with Crippen LogP contribution in [-0.2, 0) is 12.0 Å². The Morgan fingerprint density at radius 1 is 1.10 bits per heavy atom. The van der Waals surface area contributed by atoms with Crippen molar-refractivity contribution in [2.45, 2.75) is 50.1 Å². The van der Waals surface area contributed by atoms with E-state index < -0.39 is 0 Å². The summed E-state index contributed by atoms with van der Waals surface area (Å²) < 4.78 is 0. The molecule has 4 N–H and O–H groups in total. The number of benzene rings is 1. The van der Waals surface area contributed by atoms with E-state index in [-0.39, 0.29) is 11.1 Å². The minimum atomic E-state index is 0.0105. The van der Waals surface area contributed by atoms with E-state index in [4.69, 9.17) is 5.73 Å². The molecule has 2 aliphatic rings. The second-order valence-electron chi connectivity index (χ2n) is 6.94. The van der Waals surface area contributed by atoms with Crippen LogP contribution in [0.5, 0.6) is 0 Å². The number of rotatable bonds is 0.